The Labute approximate surface area is 189 Å². The van der Waals surface area contributed by atoms with Crippen LogP contribution in [0.2, 0.25) is 10.0 Å². The molecule has 0 bridgehead atoms. The number of piperidine rings is 1. The molecule has 3 rings (SSSR count). The molecule has 2 atom stereocenters. The number of urea groups is 1. The second-order valence-corrected chi connectivity index (χ2v) is 8.60. The molecular weight excluding hydrogens is 419 g/mol. The van der Waals surface area contributed by atoms with Crippen LogP contribution in [-0.2, 0) is 6.54 Å². The summed E-state index contributed by atoms with van der Waals surface area (Å²) in [5.74, 6) is 0. The first kappa shape index (κ1) is 22.9. The molecule has 0 spiro atoms. The number of amides is 2. The number of carbonyl (C=O) groups is 1. The van der Waals surface area contributed by atoms with Crippen molar-refractivity contribution in [3.8, 4) is 0 Å². The Bertz CT molecular complexity index is 833. The highest BCUT2D eigenvalue weighted by Crippen LogP contribution is 2.30. The summed E-state index contributed by atoms with van der Waals surface area (Å²) in [7, 11) is 3.93. The van der Waals surface area contributed by atoms with Crippen LogP contribution in [0.3, 0.4) is 0 Å². The number of hydrogen-bond acceptors (Lipinski definition) is 3. The van der Waals surface area contributed by atoms with Crippen molar-refractivity contribution in [2.24, 2.45) is 0 Å². The summed E-state index contributed by atoms with van der Waals surface area (Å²) in [6.45, 7) is 2.08. The van der Waals surface area contributed by atoms with E-state index in [2.05, 4.69) is 34.7 Å². The molecule has 1 saturated heterocycles. The van der Waals surface area contributed by atoms with Gasteiger partial charge >= 0.3 is 6.03 Å². The Morgan fingerprint density at radius 2 is 1.93 bits per heavy atom. The van der Waals surface area contributed by atoms with Crippen LogP contribution in [0.5, 0.6) is 0 Å². The molecule has 2 aromatic rings. The van der Waals surface area contributed by atoms with Gasteiger partial charge in [-0.25, -0.2) is 4.79 Å². The fourth-order valence-corrected chi connectivity index (χ4v) is 4.35. The predicted octanol–water partition coefficient (Wildman–Crippen LogP) is 4.91. The van der Waals surface area contributed by atoms with E-state index in [0.29, 0.717) is 23.1 Å². The third-order valence-electron chi connectivity index (χ3n) is 5.71. The van der Waals surface area contributed by atoms with Gasteiger partial charge in [-0.1, -0.05) is 65.7 Å². The molecule has 1 fully saturated rings. The van der Waals surface area contributed by atoms with Crippen LogP contribution in [0, 0.1) is 0 Å². The van der Waals surface area contributed by atoms with Gasteiger partial charge in [-0.15, -0.1) is 0 Å². The van der Waals surface area contributed by atoms with Crippen molar-refractivity contribution in [2.45, 2.75) is 38.0 Å². The summed E-state index contributed by atoms with van der Waals surface area (Å²) in [5.41, 5.74) is 2.03. The summed E-state index contributed by atoms with van der Waals surface area (Å²) in [6, 6.07) is 15.5. The van der Waals surface area contributed by atoms with Crippen molar-refractivity contribution in [3.05, 3.63) is 69.7 Å². The molecule has 2 N–H and O–H groups in total. The molecule has 0 saturated carbocycles. The topological polar surface area (TPSA) is 47.6 Å². The third kappa shape index (κ3) is 5.88. The van der Waals surface area contributed by atoms with E-state index in [1.54, 1.807) is 11.0 Å². The van der Waals surface area contributed by atoms with E-state index in [1.807, 2.05) is 37.4 Å². The number of rotatable bonds is 7. The molecule has 0 radical (unpaired) electrons. The number of benzene rings is 2. The first-order chi connectivity index (χ1) is 14.5. The van der Waals surface area contributed by atoms with Gasteiger partial charge in [0.05, 0.1) is 22.3 Å². The molecule has 5 nitrogen and oxygen atoms in total. The maximum atomic E-state index is 12.9. The zero-order chi connectivity index (χ0) is 21.5. The molecular formula is C23H30Cl2N4O. The normalized spacial score (nSPS) is 18.1. The van der Waals surface area contributed by atoms with Gasteiger partial charge in [0.25, 0.3) is 0 Å². The lowest BCUT2D eigenvalue weighted by Gasteiger charge is -2.38. The minimum absolute atomic E-state index is 0.0848. The summed E-state index contributed by atoms with van der Waals surface area (Å²) in [6.07, 6.45) is 3.45. The minimum atomic E-state index is -0.169. The largest absolute Gasteiger partial charge is 0.336 e. The first-order valence-electron chi connectivity index (χ1n) is 10.4. The van der Waals surface area contributed by atoms with Gasteiger partial charge in [-0.05, 0) is 50.0 Å². The Kier molecular flexibility index (Phi) is 8.40. The zero-order valence-electron chi connectivity index (χ0n) is 17.6. The van der Waals surface area contributed by atoms with E-state index in [4.69, 9.17) is 23.2 Å². The smallest absolute Gasteiger partial charge is 0.318 e. The molecule has 7 heteroatoms. The van der Waals surface area contributed by atoms with Gasteiger partial charge in [0.2, 0.25) is 0 Å². The van der Waals surface area contributed by atoms with E-state index in [1.165, 1.54) is 6.42 Å². The average Bonchev–Trinajstić information content (AvgIpc) is 2.76. The fourth-order valence-electron chi connectivity index (χ4n) is 3.91. The van der Waals surface area contributed by atoms with Crippen LogP contribution in [0.4, 0.5) is 4.79 Å². The van der Waals surface area contributed by atoms with Crippen molar-refractivity contribution < 1.29 is 4.79 Å². The Morgan fingerprint density at radius 1 is 1.17 bits per heavy atom. The van der Waals surface area contributed by atoms with Crippen molar-refractivity contribution in [3.63, 3.8) is 0 Å². The molecule has 162 valence electrons. The number of hydrogen-bond donors (Lipinski definition) is 2. The molecule has 0 aromatic heterocycles. The highest BCUT2D eigenvalue weighted by Gasteiger charge is 2.27. The summed E-state index contributed by atoms with van der Waals surface area (Å²) < 4.78 is 0. The van der Waals surface area contributed by atoms with Gasteiger partial charge in [-0.3, -0.25) is 4.90 Å². The van der Waals surface area contributed by atoms with Crippen molar-refractivity contribution in [2.75, 3.05) is 27.2 Å². The Morgan fingerprint density at radius 3 is 2.67 bits per heavy atom. The second-order valence-electron chi connectivity index (χ2n) is 7.82. The third-order valence-corrected chi connectivity index (χ3v) is 6.54. The van der Waals surface area contributed by atoms with Gasteiger partial charge in [0.15, 0.2) is 0 Å². The molecule has 1 heterocycles. The van der Waals surface area contributed by atoms with E-state index < -0.39 is 0 Å². The van der Waals surface area contributed by atoms with Gasteiger partial charge in [0, 0.05) is 20.1 Å². The van der Waals surface area contributed by atoms with Crippen LogP contribution in [-0.4, -0.2) is 49.2 Å². The molecule has 0 aliphatic carbocycles. The minimum Gasteiger partial charge on any atom is -0.336 e. The fraction of sp³-hybridized carbons (Fsp3) is 0.435. The predicted molar refractivity (Wildman–Crippen MR) is 124 cm³/mol. The zero-order valence-corrected chi connectivity index (χ0v) is 19.1. The average molecular weight is 449 g/mol. The number of nitrogens with one attached hydrogen (secondary N) is 2. The Hall–Kier alpha value is -1.79. The lowest BCUT2D eigenvalue weighted by molar-refractivity contribution is 0.0704. The summed E-state index contributed by atoms with van der Waals surface area (Å²) in [4.78, 5) is 16.9. The van der Waals surface area contributed by atoms with Crippen LogP contribution in [0.1, 0.15) is 36.4 Å². The molecule has 30 heavy (non-hydrogen) atoms. The molecule has 2 aromatic carbocycles. The van der Waals surface area contributed by atoms with Crippen LogP contribution in [0.25, 0.3) is 0 Å². The lowest BCUT2D eigenvalue weighted by atomic mass is 10.1. The Balaban J connectivity index is 1.68. The standard InChI is InChI=1S/C23H30Cl2N4O/c1-28-14-7-6-13-21(28)29(2)23(30)27-16-20(18-11-8-12-19(24)22(18)25)26-15-17-9-4-3-5-10-17/h3-5,8-12,20-21,26H,6-7,13-16H2,1-2H3,(H,27,30). The van der Waals surface area contributed by atoms with Gasteiger partial charge < -0.3 is 15.5 Å². The quantitative estimate of drug-likeness (QED) is 0.632. The molecule has 2 unspecified atom stereocenters. The maximum Gasteiger partial charge on any atom is 0.318 e. The van der Waals surface area contributed by atoms with Crippen molar-refractivity contribution in [1.82, 2.24) is 20.4 Å². The highest BCUT2D eigenvalue weighted by molar-refractivity contribution is 6.42. The van der Waals surface area contributed by atoms with Crippen molar-refractivity contribution >= 4 is 29.2 Å². The number of likely N-dealkylation sites (tertiary alicyclic amines) is 1. The second kappa shape index (κ2) is 11.0. The monoisotopic (exact) mass is 448 g/mol. The van der Waals surface area contributed by atoms with Crippen LogP contribution in [0.15, 0.2) is 48.5 Å². The lowest BCUT2D eigenvalue weighted by Crippen LogP contribution is -2.53. The first-order valence-corrected chi connectivity index (χ1v) is 11.1. The number of carbonyl (C=O) groups excluding carboxylic acids is 1. The van der Waals surface area contributed by atoms with E-state index >= 15 is 0 Å². The van der Waals surface area contributed by atoms with Gasteiger partial charge in [0.1, 0.15) is 0 Å². The van der Waals surface area contributed by atoms with Gasteiger partial charge in [-0.2, -0.15) is 0 Å². The number of halogens is 2. The van der Waals surface area contributed by atoms with Crippen LogP contribution >= 0.6 is 23.2 Å². The highest BCUT2D eigenvalue weighted by atomic mass is 35.5. The molecule has 1 aliphatic rings. The van der Waals surface area contributed by atoms with E-state index in [-0.39, 0.29) is 18.2 Å². The SMILES string of the molecule is CN1CCCCC1N(C)C(=O)NCC(NCc1ccccc1)c1cccc(Cl)c1Cl. The number of nitrogens with zero attached hydrogens (tertiary/aromatic N) is 2. The van der Waals surface area contributed by atoms with E-state index in [0.717, 1.165) is 30.5 Å². The summed E-state index contributed by atoms with van der Waals surface area (Å²) >= 11 is 12.7. The molecule has 2 amide bonds. The van der Waals surface area contributed by atoms with E-state index in [9.17, 15) is 4.79 Å². The molecule has 1 aliphatic heterocycles. The van der Waals surface area contributed by atoms with Crippen LogP contribution < -0.4 is 10.6 Å². The summed E-state index contributed by atoms with van der Waals surface area (Å²) in [5, 5.41) is 7.61. The maximum absolute atomic E-state index is 12.9. The van der Waals surface area contributed by atoms with Crippen molar-refractivity contribution in [1.29, 1.82) is 0 Å².